The predicted molar refractivity (Wildman–Crippen MR) is 42.0 cm³/mol. The SMILES string of the molecule is CC1CNC(C(C)C)CO1. The molecule has 2 unspecified atom stereocenters. The number of morpholine rings is 1. The monoisotopic (exact) mass is 143 g/mol. The molecule has 0 radical (unpaired) electrons. The molecule has 1 aliphatic rings. The molecule has 0 amide bonds. The lowest BCUT2D eigenvalue weighted by Gasteiger charge is -2.30. The van der Waals surface area contributed by atoms with E-state index in [-0.39, 0.29) is 0 Å². The summed E-state index contributed by atoms with van der Waals surface area (Å²) in [5, 5.41) is 3.44. The van der Waals surface area contributed by atoms with E-state index in [4.69, 9.17) is 4.74 Å². The summed E-state index contributed by atoms with van der Waals surface area (Å²) in [5.41, 5.74) is 0. The molecular formula is C8H17NO. The first-order valence-corrected chi connectivity index (χ1v) is 4.05. The third kappa shape index (κ3) is 1.96. The van der Waals surface area contributed by atoms with Gasteiger partial charge in [-0.15, -0.1) is 0 Å². The molecule has 2 nitrogen and oxygen atoms in total. The summed E-state index contributed by atoms with van der Waals surface area (Å²) in [6, 6.07) is 0.566. The fraction of sp³-hybridized carbons (Fsp3) is 1.00. The molecule has 0 bridgehead atoms. The van der Waals surface area contributed by atoms with E-state index in [2.05, 4.69) is 26.1 Å². The van der Waals surface area contributed by atoms with Crippen molar-refractivity contribution in [2.24, 2.45) is 5.92 Å². The summed E-state index contributed by atoms with van der Waals surface area (Å²) in [4.78, 5) is 0. The molecule has 0 aromatic carbocycles. The van der Waals surface area contributed by atoms with Crippen LogP contribution in [0.4, 0.5) is 0 Å². The quantitative estimate of drug-likeness (QED) is 0.591. The van der Waals surface area contributed by atoms with Gasteiger partial charge in [-0.2, -0.15) is 0 Å². The average Bonchev–Trinajstić information content (AvgIpc) is 1.88. The Balaban J connectivity index is 2.26. The first-order valence-electron chi connectivity index (χ1n) is 4.05. The van der Waals surface area contributed by atoms with Crippen LogP contribution in [0.25, 0.3) is 0 Å². The van der Waals surface area contributed by atoms with E-state index in [0.717, 1.165) is 13.2 Å². The van der Waals surface area contributed by atoms with E-state index in [1.807, 2.05) is 0 Å². The van der Waals surface area contributed by atoms with Gasteiger partial charge in [-0.25, -0.2) is 0 Å². The van der Waals surface area contributed by atoms with Gasteiger partial charge in [-0.3, -0.25) is 0 Å². The summed E-state index contributed by atoms with van der Waals surface area (Å²) in [5.74, 6) is 0.687. The van der Waals surface area contributed by atoms with Crippen molar-refractivity contribution in [2.45, 2.75) is 32.9 Å². The lowest BCUT2D eigenvalue weighted by atomic mass is 10.0. The van der Waals surface area contributed by atoms with Gasteiger partial charge in [0, 0.05) is 12.6 Å². The molecule has 0 spiro atoms. The standard InChI is InChI=1S/C8H17NO/c1-6(2)8-5-10-7(3)4-9-8/h6-9H,4-5H2,1-3H3. The zero-order valence-corrected chi connectivity index (χ0v) is 7.05. The van der Waals surface area contributed by atoms with Crippen LogP contribution in [0.2, 0.25) is 0 Å². The van der Waals surface area contributed by atoms with Crippen LogP contribution in [-0.2, 0) is 4.74 Å². The van der Waals surface area contributed by atoms with Crippen molar-refractivity contribution in [3.05, 3.63) is 0 Å². The van der Waals surface area contributed by atoms with Gasteiger partial charge in [-0.1, -0.05) is 13.8 Å². The molecule has 0 aliphatic carbocycles. The zero-order chi connectivity index (χ0) is 7.56. The van der Waals surface area contributed by atoms with Gasteiger partial charge >= 0.3 is 0 Å². The van der Waals surface area contributed by atoms with Crippen LogP contribution in [0.15, 0.2) is 0 Å². The molecule has 10 heavy (non-hydrogen) atoms. The van der Waals surface area contributed by atoms with Crippen molar-refractivity contribution >= 4 is 0 Å². The predicted octanol–water partition coefficient (Wildman–Crippen LogP) is 1.02. The number of nitrogens with one attached hydrogen (secondary N) is 1. The molecule has 1 fully saturated rings. The van der Waals surface area contributed by atoms with E-state index in [9.17, 15) is 0 Å². The minimum Gasteiger partial charge on any atom is -0.376 e. The Morgan fingerprint density at radius 1 is 1.50 bits per heavy atom. The Morgan fingerprint density at radius 3 is 2.60 bits per heavy atom. The highest BCUT2D eigenvalue weighted by atomic mass is 16.5. The fourth-order valence-electron chi connectivity index (χ4n) is 1.13. The summed E-state index contributed by atoms with van der Waals surface area (Å²) in [6.45, 7) is 8.42. The lowest BCUT2D eigenvalue weighted by molar-refractivity contribution is 0.00480. The van der Waals surface area contributed by atoms with E-state index in [0.29, 0.717) is 18.1 Å². The number of hydrogen-bond acceptors (Lipinski definition) is 2. The van der Waals surface area contributed by atoms with Crippen molar-refractivity contribution < 1.29 is 4.74 Å². The van der Waals surface area contributed by atoms with Crippen LogP contribution in [-0.4, -0.2) is 25.3 Å². The minimum atomic E-state index is 0.398. The third-order valence-corrected chi connectivity index (χ3v) is 2.03. The maximum Gasteiger partial charge on any atom is 0.0672 e. The van der Waals surface area contributed by atoms with Crippen molar-refractivity contribution in [1.29, 1.82) is 0 Å². The minimum absolute atomic E-state index is 0.398. The molecule has 2 atom stereocenters. The summed E-state index contributed by atoms with van der Waals surface area (Å²) in [6.07, 6.45) is 0.398. The molecule has 1 rings (SSSR count). The zero-order valence-electron chi connectivity index (χ0n) is 7.05. The molecule has 1 heterocycles. The first-order chi connectivity index (χ1) is 4.70. The Kier molecular flexibility index (Phi) is 2.69. The van der Waals surface area contributed by atoms with Gasteiger partial charge in [0.2, 0.25) is 0 Å². The Hall–Kier alpha value is -0.0800. The molecular weight excluding hydrogens is 126 g/mol. The van der Waals surface area contributed by atoms with Crippen LogP contribution in [0.5, 0.6) is 0 Å². The van der Waals surface area contributed by atoms with Crippen LogP contribution >= 0.6 is 0 Å². The van der Waals surface area contributed by atoms with E-state index in [1.54, 1.807) is 0 Å². The van der Waals surface area contributed by atoms with Gasteiger partial charge < -0.3 is 10.1 Å². The molecule has 1 saturated heterocycles. The summed E-state index contributed by atoms with van der Waals surface area (Å²) < 4.78 is 5.49. The summed E-state index contributed by atoms with van der Waals surface area (Å²) >= 11 is 0. The van der Waals surface area contributed by atoms with Crippen molar-refractivity contribution in [2.75, 3.05) is 13.2 Å². The first kappa shape index (κ1) is 8.02. The average molecular weight is 143 g/mol. The molecule has 1 aliphatic heterocycles. The van der Waals surface area contributed by atoms with E-state index in [1.165, 1.54) is 0 Å². The molecule has 0 aromatic rings. The van der Waals surface area contributed by atoms with E-state index < -0.39 is 0 Å². The Labute approximate surface area is 63.0 Å². The lowest BCUT2D eigenvalue weighted by Crippen LogP contribution is -2.47. The second-order valence-corrected chi connectivity index (χ2v) is 3.40. The van der Waals surface area contributed by atoms with Gasteiger partial charge in [0.25, 0.3) is 0 Å². The van der Waals surface area contributed by atoms with E-state index >= 15 is 0 Å². The van der Waals surface area contributed by atoms with Gasteiger partial charge in [0.05, 0.1) is 12.7 Å². The van der Waals surface area contributed by atoms with Crippen LogP contribution in [0.3, 0.4) is 0 Å². The van der Waals surface area contributed by atoms with Crippen LogP contribution in [0.1, 0.15) is 20.8 Å². The van der Waals surface area contributed by atoms with Gasteiger partial charge in [0.15, 0.2) is 0 Å². The number of ether oxygens (including phenoxy) is 1. The summed E-state index contributed by atoms with van der Waals surface area (Å²) in [7, 11) is 0. The molecule has 0 aromatic heterocycles. The Bertz CT molecular complexity index is 95.4. The van der Waals surface area contributed by atoms with Crippen LogP contribution in [0, 0.1) is 5.92 Å². The van der Waals surface area contributed by atoms with Gasteiger partial charge in [0.1, 0.15) is 0 Å². The fourth-order valence-corrected chi connectivity index (χ4v) is 1.13. The molecule has 0 saturated carbocycles. The third-order valence-electron chi connectivity index (χ3n) is 2.03. The second kappa shape index (κ2) is 3.35. The Morgan fingerprint density at radius 2 is 2.20 bits per heavy atom. The maximum absolute atomic E-state index is 5.49. The largest absolute Gasteiger partial charge is 0.376 e. The topological polar surface area (TPSA) is 21.3 Å². The van der Waals surface area contributed by atoms with Crippen molar-refractivity contribution in [3.63, 3.8) is 0 Å². The van der Waals surface area contributed by atoms with Crippen molar-refractivity contribution in [1.82, 2.24) is 5.32 Å². The number of rotatable bonds is 1. The molecule has 2 heteroatoms. The van der Waals surface area contributed by atoms with Crippen LogP contribution < -0.4 is 5.32 Å². The highest BCUT2D eigenvalue weighted by molar-refractivity contribution is 4.75. The maximum atomic E-state index is 5.49. The normalized spacial score (nSPS) is 34.8. The molecule has 60 valence electrons. The smallest absolute Gasteiger partial charge is 0.0672 e. The highest BCUT2D eigenvalue weighted by Crippen LogP contribution is 2.07. The highest BCUT2D eigenvalue weighted by Gasteiger charge is 2.19. The van der Waals surface area contributed by atoms with Gasteiger partial charge in [-0.05, 0) is 12.8 Å². The van der Waals surface area contributed by atoms with Crippen molar-refractivity contribution in [3.8, 4) is 0 Å². The molecule has 1 N–H and O–H groups in total. The number of hydrogen-bond donors (Lipinski definition) is 1. The second-order valence-electron chi connectivity index (χ2n) is 3.40.